The van der Waals surface area contributed by atoms with E-state index in [1.807, 2.05) is 0 Å². The number of halogens is 1. The number of carbonyl (C=O) groups is 2. The molecular weight excluding hydrogens is 346 g/mol. The third-order valence-corrected chi connectivity index (χ3v) is 4.38. The van der Waals surface area contributed by atoms with Gasteiger partial charge in [-0.1, -0.05) is 23.7 Å². The summed E-state index contributed by atoms with van der Waals surface area (Å²) >= 11 is 6.13. The number of hydrogen-bond acceptors (Lipinski definition) is 4. The van der Waals surface area contributed by atoms with E-state index >= 15 is 0 Å². The van der Waals surface area contributed by atoms with Crippen molar-refractivity contribution < 1.29 is 24.2 Å². The van der Waals surface area contributed by atoms with Crippen LogP contribution in [0.4, 0.5) is 0 Å². The average Bonchev–Trinajstić information content (AvgIpc) is 3.17. The fourth-order valence-corrected chi connectivity index (χ4v) is 3.14. The zero-order valence-electron chi connectivity index (χ0n) is 12.9. The van der Waals surface area contributed by atoms with Crippen molar-refractivity contribution in [3.05, 3.63) is 58.7 Å². The summed E-state index contributed by atoms with van der Waals surface area (Å²) in [5, 5.41) is 10.1. The Kier molecular flexibility index (Phi) is 3.62. The first-order valence-electron chi connectivity index (χ1n) is 7.49. The normalized spacial score (nSPS) is 12.5. The molecule has 0 fully saturated rings. The predicted octanol–water partition coefficient (Wildman–Crippen LogP) is 3.34. The van der Waals surface area contributed by atoms with Gasteiger partial charge in [-0.15, -0.1) is 0 Å². The Bertz CT molecular complexity index is 1020. The van der Waals surface area contributed by atoms with Crippen LogP contribution in [0.25, 0.3) is 10.9 Å². The number of rotatable bonds is 3. The first-order chi connectivity index (χ1) is 12.0. The van der Waals surface area contributed by atoms with Crippen LogP contribution in [0.5, 0.6) is 11.5 Å². The number of nitrogens with zero attached hydrogens (tertiary/aromatic N) is 1. The van der Waals surface area contributed by atoms with Gasteiger partial charge in [-0.25, -0.2) is 0 Å². The third kappa shape index (κ3) is 2.60. The van der Waals surface area contributed by atoms with Crippen LogP contribution in [0.15, 0.2) is 42.6 Å². The number of aliphatic carboxylic acids is 1. The number of carboxylic acids is 1. The van der Waals surface area contributed by atoms with Gasteiger partial charge in [0.1, 0.15) is 0 Å². The quantitative estimate of drug-likeness (QED) is 0.777. The van der Waals surface area contributed by atoms with Crippen LogP contribution in [0, 0.1) is 0 Å². The number of ether oxygens (including phenoxy) is 2. The van der Waals surface area contributed by atoms with Crippen molar-refractivity contribution in [3.63, 3.8) is 0 Å². The molecule has 0 radical (unpaired) electrons. The lowest BCUT2D eigenvalue weighted by molar-refractivity contribution is -0.136. The molecule has 2 aromatic carbocycles. The number of fused-ring (bicyclic) bond motifs is 2. The minimum atomic E-state index is -0.984. The summed E-state index contributed by atoms with van der Waals surface area (Å²) in [6.07, 6.45) is 1.32. The maximum absolute atomic E-state index is 12.9. The Balaban J connectivity index is 1.93. The molecule has 0 spiro atoms. The molecule has 0 atom stereocenters. The topological polar surface area (TPSA) is 77.8 Å². The summed E-state index contributed by atoms with van der Waals surface area (Å²) in [6.45, 7) is 0.0919. The molecule has 1 aliphatic rings. The Labute approximate surface area is 147 Å². The number of benzene rings is 2. The van der Waals surface area contributed by atoms with E-state index in [2.05, 4.69) is 0 Å². The lowest BCUT2D eigenvalue weighted by Gasteiger charge is -2.06. The van der Waals surface area contributed by atoms with Crippen LogP contribution in [-0.4, -0.2) is 28.3 Å². The molecule has 7 heteroatoms. The predicted molar refractivity (Wildman–Crippen MR) is 90.6 cm³/mol. The van der Waals surface area contributed by atoms with E-state index in [4.69, 9.17) is 26.2 Å². The van der Waals surface area contributed by atoms with Gasteiger partial charge in [0.05, 0.1) is 22.5 Å². The highest BCUT2D eigenvalue weighted by Crippen LogP contribution is 2.38. The van der Waals surface area contributed by atoms with Crippen molar-refractivity contribution in [2.75, 3.05) is 6.79 Å². The first-order valence-corrected chi connectivity index (χ1v) is 7.87. The van der Waals surface area contributed by atoms with Crippen molar-refractivity contribution in [1.29, 1.82) is 0 Å². The number of aromatic nitrogens is 1. The summed E-state index contributed by atoms with van der Waals surface area (Å²) in [5.74, 6) is -0.282. The van der Waals surface area contributed by atoms with Crippen LogP contribution in [0.1, 0.15) is 15.9 Å². The van der Waals surface area contributed by atoms with Crippen LogP contribution in [-0.2, 0) is 11.2 Å². The van der Waals surface area contributed by atoms with E-state index < -0.39 is 5.97 Å². The Hall–Kier alpha value is -2.99. The number of carboxylic acid groups (broad SMARTS) is 1. The molecule has 2 heterocycles. The average molecular weight is 358 g/mol. The van der Waals surface area contributed by atoms with Gasteiger partial charge in [0.2, 0.25) is 6.79 Å². The second kappa shape index (κ2) is 5.82. The molecule has 6 nitrogen and oxygen atoms in total. The highest BCUT2D eigenvalue weighted by Gasteiger charge is 2.23. The van der Waals surface area contributed by atoms with Crippen molar-refractivity contribution >= 4 is 34.4 Å². The van der Waals surface area contributed by atoms with Gasteiger partial charge in [-0.2, -0.15) is 0 Å². The summed E-state index contributed by atoms with van der Waals surface area (Å²) < 4.78 is 12.1. The lowest BCUT2D eigenvalue weighted by Crippen LogP contribution is -2.11. The molecule has 0 saturated carbocycles. The van der Waals surface area contributed by atoms with Crippen LogP contribution < -0.4 is 9.47 Å². The van der Waals surface area contributed by atoms with Gasteiger partial charge in [-0.3, -0.25) is 14.2 Å². The molecule has 3 aromatic rings. The van der Waals surface area contributed by atoms with E-state index in [1.165, 1.54) is 10.8 Å². The largest absolute Gasteiger partial charge is 0.481 e. The second-order valence-corrected chi connectivity index (χ2v) is 6.01. The third-order valence-electron chi connectivity index (χ3n) is 4.05. The molecule has 0 amide bonds. The smallest absolute Gasteiger partial charge is 0.307 e. The van der Waals surface area contributed by atoms with Gasteiger partial charge in [0.15, 0.2) is 11.5 Å². The van der Waals surface area contributed by atoms with Gasteiger partial charge >= 0.3 is 5.97 Å². The summed E-state index contributed by atoms with van der Waals surface area (Å²) in [7, 11) is 0. The van der Waals surface area contributed by atoms with E-state index in [0.29, 0.717) is 38.6 Å². The molecule has 0 saturated heterocycles. The van der Waals surface area contributed by atoms with Crippen molar-refractivity contribution in [2.45, 2.75) is 6.42 Å². The highest BCUT2D eigenvalue weighted by atomic mass is 35.5. The van der Waals surface area contributed by atoms with E-state index in [0.717, 1.165) is 0 Å². The van der Waals surface area contributed by atoms with E-state index in [1.54, 1.807) is 36.4 Å². The SMILES string of the molecule is O=C(O)Cc1cn(C(=O)c2ccccc2Cl)c2cc3c(cc12)OCO3. The molecule has 1 aromatic heterocycles. The molecule has 0 unspecified atom stereocenters. The lowest BCUT2D eigenvalue weighted by atomic mass is 10.1. The maximum Gasteiger partial charge on any atom is 0.307 e. The zero-order chi connectivity index (χ0) is 17.6. The Morgan fingerprint density at radius 3 is 2.60 bits per heavy atom. The minimum Gasteiger partial charge on any atom is -0.481 e. The minimum absolute atomic E-state index is 0.0919. The molecule has 0 aliphatic carbocycles. The van der Waals surface area contributed by atoms with Crippen LogP contribution in [0.3, 0.4) is 0 Å². The standard InChI is InChI=1S/C18H12ClNO5/c19-13-4-2-1-3-11(13)18(23)20-8-10(5-17(21)22)12-6-15-16(7-14(12)20)25-9-24-15/h1-4,6-8H,5,9H2,(H,21,22). The Morgan fingerprint density at radius 2 is 1.88 bits per heavy atom. The van der Waals surface area contributed by atoms with E-state index in [9.17, 15) is 9.59 Å². The van der Waals surface area contributed by atoms with Gasteiger partial charge in [0, 0.05) is 17.6 Å². The fourth-order valence-electron chi connectivity index (χ4n) is 2.92. The molecule has 25 heavy (non-hydrogen) atoms. The van der Waals surface area contributed by atoms with Gasteiger partial charge in [0.25, 0.3) is 5.91 Å². The maximum atomic E-state index is 12.9. The van der Waals surface area contributed by atoms with Crippen molar-refractivity contribution in [3.8, 4) is 11.5 Å². The first kappa shape index (κ1) is 15.5. The molecule has 1 N–H and O–H groups in total. The Morgan fingerprint density at radius 1 is 1.16 bits per heavy atom. The van der Waals surface area contributed by atoms with Gasteiger partial charge < -0.3 is 14.6 Å². The van der Waals surface area contributed by atoms with Crippen molar-refractivity contribution in [1.82, 2.24) is 4.57 Å². The summed E-state index contributed by atoms with van der Waals surface area (Å²) in [6, 6.07) is 10.1. The second-order valence-electron chi connectivity index (χ2n) is 5.60. The molecular formula is C18H12ClNO5. The van der Waals surface area contributed by atoms with Crippen LogP contribution >= 0.6 is 11.6 Å². The molecule has 126 valence electrons. The summed E-state index contributed by atoms with van der Waals surface area (Å²) in [4.78, 5) is 24.1. The molecule has 0 bridgehead atoms. The highest BCUT2D eigenvalue weighted by molar-refractivity contribution is 6.34. The zero-order valence-corrected chi connectivity index (χ0v) is 13.6. The van der Waals surface area contributed by atoms with E-state index in [-0.39, 0.29) is 19.1 Å². The molecule has 4 rings (SSSR count). The van der Waals surface area contributed by atoms with Gasteiger partial charge in [-0.05, 0) is 23.8 Å². The summed E-state index contributed by atoms with van der Waals surface area (Å²) in [5.41, 5.74) is 1.40. The monoisotopic (exact) mass is 357 g/mol. The van der Waals surface area contributed by atoms with Crippen LogP contribution in [0.2, 0.25) is 5.02 Å². The number of hydrogen-bond donors (Lipinski definition) is 1. The molecule has 1 aliphatic heterocycles. The fraction of sp³-hybridized carbons (Fsp3) is 0.111. The van der Waals surface area contributed by atoms with Crippen molar-refractivity contribution in [2.24, 2.45) is 0 Å². The number of carbonyl (C=O) groups excluding carboxylic acids is 1.